The molecule has 0 saturated carbocycles. The molecule has 29 heavy (non-hydrogen) atoms. The molecule has 0 aliphatic carbocycles. The minimum atomic E-state index is -3.79. The van der Waals surface area contributed by atoms with Crippen molar-refractivity contribution in [2.45, 2.75) is 10.8 Å². The number of carbonyl (C=O) groups excluding carboxylic acids is 2. The second-order valence-corrected chi connectivity index (χ2v) is 8.73. The van der Waals surface area contributed by atoms with E-state index in [1.54, 1.807) is 35.8 Å². The van der Waals surface area contributed by atoms with Crippen molar-refractivity contribution in [1.82, 2.24) is 10.3 Å². The number of methoxy groups -OCH3 is 1. The maximum absolute atomic E-state index is 12.5. The lowest BCUT2D eigenvalue weighted by atomic mass is 10.1. The van der Waals surface area contributed by atoms with Crippen molar-refractivity contribution in [3.05, 3.63) is 76.9 Å². The Morgan fingerprint density at radius 1 is 1.14 bits per heavy atom. The lowest BCUT2D eigenvalue weighted by Crippen LogP contribution is -2.23. The molecular weight excluding hydrogens is 414 g/mol. The molecule has 0 radical (unpaired) electrons. The maximum atomic E-state index is 12.5. The van der Waals surface area contributed by atoms with Gasteiger partial charge in [0.15, 0.2) is 0 Å². The van der Waals surface area contributed by atoms with Gasteiger partial charge in [0.2, 0.25) is 0 Å². The van der Waals surface area contributed by atoms with E-state index in [1.807, 2.05) is 0 Å². The molecule has 1 amide bonds. The number of rotatable bonds is 7. The average Bonchev–Trinajstić information content (AvgIpc) is 3.27. The average molecular weight is 431 g/mol. The van der Waals surface area contributed by atoms with Crippen LogP contribution in [0.4, 0.5) is 5.69 Å². The number of hydrogen-bond donors (Lipinski definition) is 2. The SMILES string of the molecule is COC(=O)c1cc(CNC(=O)c2cccnc2)cc(NS(=O)(=O)c2cccs2)c1. The fourth-order valence-electron chi connectivity index (χ4n) is 2.49. The number of hydrogen-bond acceptors (Lipinski definition) is 7. The van der Waals surface area contributed by atoms with E-state index < -0.39 is 16.0 Å². The summed E-state index contributed by atoms with van der Waals surface area (Å²) in [6, 6.07) is 10.8. The van der Waals surface area contributed by atoms with Crippen molar-refractivity contribution >= 4 is 38.9 Å². The zero-order valence-corrected chi connectivity index (χ0v) is 16.9. The third kappa shape index (κ3) is 5.18. The number of thiophene rings is 1. The Morgan fingerprint density at radius 2 is 1.97 bits per heavy atom. The molecule has 2 heterocycles. The zero-order chi connectivity index (χ0) is 20.9. The first-order chi connectivity index (χ1) is 13.9. The molecule has 0 bridgehead atoms. The number of esters is 1. The summed E-state index contributed by atoms with van der Waals surface area (Å²) < 4.78 is 32.3. The molecule has 2 N–H and O–H groups in total. The highest BCUT2D eigenvalue weighted by molar-refractivity contribution is 7.94. The maximum Gasteiger partial charge on any atom is 0.337 e. The van der Waals surface area contributed by atoms with E-state index in [9.17, 15) is 18.0 Å². The van der Waals surface area contributed by atoms with Crippen molar-refractivity contribution in [2.75, 3.05) is 11.8 Å². The summed E-state index contributed by atoms with van der Waals surface area (Å²) in [6.45, 7) is 0.0757. The Labute approximate surface area is 171 Å². The van der Waals surface area contributed by atoms with E-state index in [1.165, 1.54) is 31.5 Å². The van der Waals surface area contributed by atoms with Gasteiger partial charge in [-0.25, -0.2) is 13.2 Å². The summed E-state index contributed by atoms with van der Waals surface area (Å²) >= 11 is 1.08. The van der Waals surface area contributed by atoms with Gasteiger partial charge in [0, 0.05) is 18.9 Å². The first-order valence-corrected chi connectivity index (χ1v) is 10.7. The first kappa shape index (κ1) is 20.5. The predicted octanol–water partition coefficient (Wildman–Crippen LogP) is 2.66. The van der Waals surface area contributed by atoms with E-state index in [4.69, 9.17) is 4.74 Å². The number of amides is 1. The molecule has 0 aliphatic heterocycles. The lowest BCUT2D eigenvalue weighted by Gasteiger charge is -2.12. The molecule has 3 rings (SSSR count). The normalized spacial score (nSPS) is 10.9. The number of aromatic nitrogens is 1. The third-order valence-corrected chi connectivity index (χ3v) is 6.58. The van der Waals surface area contributed by atoms with Gasteiger partial charge in [-0.05, 0) is 47.3 Å². The minimum absolute atomic E-state index is 0.0757. The second kappa shape index (κ2) is 8.84. The van der Waals surface area contributed by atoms with Gasteiger partial charge in [-0.15, -0.1) is 11.3 Å². The van der Waals surface area contributed by atoms with Crippen molar-refractivity contribution < 1.29 is 22.7 Å². The fourth-order valence-corrected chi connectivity index (χ4v) is 4.53. The second-order valence-electron chi connectivity index (χ2n) is 5.87. The number of benzene rings is 1. The smallest absolute Gasteiger partial charge is 0.337 e. The number of anilines is 1. The monoisotopic (exact) mass is 431 g/mol. The van der Waals surface area contributed by atoms with Crippen LogP contribution in [0.3, 0.4) is 0 Å². The number of nitrogens with zero attached hydrogens (tertiary/aromatic N) is 1. The Bertz CT molecular complexity index is 1110. The van der Waals surface area contributed by atoms with Crippen LogP contribution in [0.5, 0.6) is 0 Å². The van der Waals surface area contributed by atoms with E-state index in [0.717, 1.165) is 11.3 Å². The summed E-state index contributed by atoms with van der Waals surface area (Å²) in [5, 5.41) is 4.36. The molecular formula is C19H17N3O5S2. The largest absolute Gasteiger partial charge is 0.465 e. The van der Waals surface area contributed by atoms with Crippen LogP contribution in [-0.2, 0) is 21.3 Å². The van der Waals surface area contributed by atoms with Gasteiger partial charge < -0.3 is 10.1 Å². The topological polar surface area (TPSA) is 114 Å². The highest BCUT2D eigenvalue weighted by atomic mass is 32.2. The van der Waals surface area contributed by atoms with E-state index in [2.05, 4.69) is 15.0 Å². The molecule has 10 heteroatoms. The zero-order valence-electron chi connectivity index (χ0n) is 15.3. The van der Waals surface area contributed by atoms with Crippen LogP contribution in [0.2, 0.25) is 0 Å². The molecule has 150 valence electrons. The summed E-state index contributed by atoms with van der Waals surface area (Å²) in [6.07, 6.45) is 2.99. The highest BCUT2D eigenvalue weighted by Gasteiger charge is 2.17. The molecule has 0 unspecified atom stereocenters. The van der Waals surface area contributed by atoms with Crippen molar-refractivity contribution in [2.24, 2.45) is 0 Å². The van der Waals surface area contributed by atoms with Crippen LogP contribution >= 0.6 is 11.3 Å². The van der Waals surface area contributed by atoms with Crippen LogP contribution < -0.4 is 10.0 Å². The number of ether oxygens (including phenoxy) is 1. The van der Waals surface area contributed by atoms with Crippen LogP contribution in [0.15, 0.2) is 64.4 Å². The number of sulfonamides is 1. The van der Waals surface area contributed by atoms with Crippen LogP contribution in [-0.4, -0.2) is 32.4 Å². The predicted molar refractivity (Wildman–Crippen MR) is 108 cm³/mol. The molecule has 2 aromatic heterocycles. The van der Waals surface area contributed by atoms with E-state index >= 15 is 0 Å². The quantitative estimate of drug-likeness (QED) is 0.556. The summed E-state index contributed by atoms with van der Waals surface area (Å²) in [4.78, 5) is 28.1. The Balaban J connectivity index is 1.84. The number of pyridine rings is 1. The fraction of sp³-hybridized carbons (Fsp3) is 0.105. The van der Waals surface area contributed by atoms with Gasteiger partial charge in [-0.2, -0.15) is 0 Å². The molecule has 0 aliphatic rings. The standard InChI is InChI=1S/C19H17N3O5S2/c1-27-19(24)15-8-13(11-21-18(23)14-4-2-6-20-12-14)9-16(10-15)22-29(25,26)17-5-3-7-28-17/h2-10,12,22H,11H2,1H3,(H,21,23). The van der Waals surface area contributed by atoms with Gasteiger partial charge in [0.1, 0.15) is 4.21 Å². The molecule has 0 saturated heterocycles. The van der Waals surface area contributed by atoms with Crippen LogP contribution in [0, 0.1) is 0 Å². The van der Waals surface area contributed by atoms with Gasteiger partial charge in [0.05, 0.1) is 23.9 Å². The number of nitrogens with one attached hydrogen (secondary N) is 2. The van der Waals surface area contributed by atoms with Crippen LogP contribution in [0.25, 0.3) is 0 Å². The van der Waals surface area contributed by atoms with E-state index in [-0.39, 0.29) is 27.9 Å². The molecule has 1 aromatic carbocycles. The first-order valence-electron chi connectivity index (χ1n) is 8.36. The third-order valence-electron chi connectivity index (χ3n) is 3.80. The lowest BCUT2D eigenvalue weighted by molar-refractivity contribution is 0.0600. The van der Waals surface area contributed by atoms with Gasteiger partial charge in [0.25, 0.3) is 15.9 Å². The molecule has 0 fully saturated rings. The van der Waals surface area contributed by atoms with Crippen molar-refractivity contribution in [1.29, 1.82) is 0 Å². The molecule has 0 atom stereocenters. The molecule has 3 aromatic rings. The van der Waals surface area contributed by atoms with Gasteiger partial charge in [-0.1, -0.05) is 6.07 Å². The summed E-state index contributed by atoms with van der Waals surface area (Å²) in [5.74, 6) is -0.968. The van der Waals surface area contributed by atoms with Gasteiger partial charge >= 0.3 is 5.97 Å². The summed E-state index contributed by atoms with van der Waals surface area (Å²) in [5.41, 5.74) is 1.25. The van der Waals surface area contributed by atoms with Crippen molar-refractivity contribution in [3.63, 3.8) is 0 Å². The minimum Gasteiger partial charge on any atom is -0.465 e. The molecule has 0 spiro atoms. The van der Waals surface area contributed by atoms with Gasteiger partial charge in [-0.3, -0.25) is 14.5 Å². The number of carbonyl (C=O) groups is 2. The van der Waals surface area contributed by atoms with E-state index in [0.29, 0.717) is 11.1 Å². The summed E-state index contributed by atoms with van der Waals surface area (Å²) in [7, 11) is -2.56. The van der Waals surface area contributed by atoms with Crippen molar-refractivity contribution in [3.8, 4) is 0 Å². The Hall–Kier alpha value is -3.24. The molecule has 8 nitrogen and oxygen atoms in total. The van der Waals surface area contributed by atoms with Crippen LogP contribution in [0.1, 0.15) is 26.3 Å². The Kier molecular flexibility index (Phi) is 6.25. The Morgan fingerprint density at radius 3 is 2.62 bits per heavy atom. The highest BCUT2D eigenvalue weighted by Crippen LogP contribution is 2.22.